The second-order valence-electron chi connectivity index (χ2n) is 7.26. The fourth-order valence-corrected chi connectivity index (χ4v) is 3.69. The number of ether oxygens (including phenoxy) is 1. The number of rotatable bonds is 7. The van der Waals surface area contributed by atoms with E-state index < -0.39 is 6.10 Å². The Morgan fingerprint density at radius 1 is 1.41 bits per heavy atom. The van der Waals surface area contributed by atoms with Crippen molar-refractivity contribution in [2.75, 3.05) is 6.61 Å². The number of aliphatic hydroxyl groups is 1. The van der Waals surface area contributed by atoms with Gasteiger partial charge in [0.25, 0.3) is 0 Å². The molecule has 1 heterocycles. The van der Waals surface area contributed by atoms with Gasteiger partial charge in [0.1, 0.15) is 5.75 Å². The van der Waals surface area contributed by atoms with Crippen molar-refractivity contribution in [1.29, 1.82) is 0 Å². The molecule has 1 saturated carbocycles. The molecule has 6 nitrogen and oxygen atoms in total. The Hall–Kier alpha value is -2.05. The van der Waals surface area contributed by atoms with Crippen LogP contribution in [0.1, 0.15) is 30.4 Å². The summed E-state index contributed by atoms with van der Waals surface area (Å²) in [6.07, 6.45) is 4.46. The molecule has 1 aliphatic carbocycles. The molecule has 2 aromatic rings. The molecule has 0 saturated heterocycles. The van der Waals surface area contributed by atoms with Gasteiger partial charge in [-0.2, -0.15) is 5.10 Å². The molecule has 27 heavy (non-hydrogen) atoms. The van der Waals surface area contributed by atoms with E-state index in [1.54, 1.807) is 17.1 Å². The van der Waals surface area contributed by atoms with Crippen molar-refractivity contribution >= 4 is 17.5 Å². The first-order valence-corrected chi connectivity index (χ1v) is 9.64. The highest BCUT2D eigenvalue weighted by Gasteiger charge is 2.34. The van der Waals surface area contributed by atoms with Crippen LogP contribution in [0.25, 0.3) is 0 Å². The Morgan fingerprint density at radius 3 is 2.96 bits per heavy atom. The monoisotopic (exact) mass is 391 g/mol. The fourth-order valence-electron chi connectivity index (χ4n) is 3.54. The van der Waals surface area contributed by atoms with Gasteiger partial charge in [0.05, 0.1) is 36.4 Å². The third-order valence-corrected chi connectivity index (χ3v) is 5.36. The Kier molecular flexibility index (Phi) is 6.39. The van der Waals surface area contributed by atoms with Crippen molar-refractivity contribution < 1.29 is 14.6 Å². The molecule has 3 atom stereocenters. The van der Waals surface area contributed by atoms with Crippen molar-refractivity contribution in [2.24, 2.45) is 5.92 Å². The van der Waals surface area contributed by atoms with Gasteiger partial charge in [0.15, 0.2) is 0 Å². The number of hydrogen-bond acceptors (Lipinski definition) is 4. The summed E-state index contributed by atoms with van der Waals surface area (Å²) in [5, 5.41) is 18.0. The van der Waals surface area contributed by atoms with Crippen LogP contribution < -0.4 is 10.1 Å². The number of aromatic nitrogens is 2. The van der Waals surface area contributed by atoms with Gasteiger partial charge in [-0.15, -0.1) is 0 Å². The Morgan fingerprint density at radius 2 is 2.22 bits per heavy atom. The highest BCUT2D eigenvalue weighted by atomic mass is 35.5. The molecule has 2 N–H and O–H groups in total. The van der Waals surface area contributed by atoms with E-state index in [9.17, 15) is 9.90 Å². The molecular weight excluding hydrogens is 366 g/mol. The van der Waals surface area contributed by atoms with Gasteiger partial charge in [-0.05, 0) is 49.8 Å². The largest absolute Gasteiger partial charge is 0.493 e. The summed E-state index contributed by atoms with van der Waals surface area (Å²) in [6.45, 7) is 5.04. The lowest BCUT2D eigenvalue weighted by Gasteiger charge is -2.17. The lowest BCUT2D eigenvalue weighted by atomic mass is 10.1. The predicted octanol–water partition coefficient (Wildman–Crippen LogP) is 2.88. The van der Waals surface area contributed by atoms with Crippen molar-refractivity contribution in [1.82, 2.24) is 15.1 Å². The minimum absolute atomic E-state index is 0.105. The number of aliphatic hydroxyl groups excluding tert-OH is 1. The first-order chi connectivity index (χ1) is 12.9. The molecule has 1 fully saturated rings. The van der Waals surface area contributed by atoms with Gasteiger partial charge in [0, 0.05) is 12.7 Å². The molecule has 3 rings (SSSR count). The average Bonchev–Trinajstić information content (AvgIpc) is 3.17. The van der Waals surface area contributed by atoms with E-state index in [1.807, 2.05) is 32.0 Å². The number of carbonyl (C=O) groups excluding carboxylic acids is 1. The molecule has 1 aromatic carbocycles. The van der Waals surface area contributed by atoms with Gasteiger partial charge in [0.2, 0.25) is 5.91 Å². The topological polar surface area (TPSA) is 76.4 Å². The number of nitrogens with zero attached hydrogens (tertiary/aromatic N) is 2. The molecule has 1 unspecified atom stereocenters. The SMILES string of the molecule is Cc1cccc(OCCC(=O)N[C@@H]2CC(Cn3cc(Cl)cn3)C[C@H]2O)c1C. The molecule has 146 valence electrons. The van der Waals surface area contributed by atoms with E-state index in [4.69, 9.17) is 16.3 Å². The second kappa shape index (κ2) is 8.76. The Labute approximate surface area is 164 Å². The van der Waals surface area contributed by atoms with Crippen LogP contribution in [0.4, 0.5) is 0 Å². The van der Waals surface area contributed by atoms with Crippen LogP contribution in [0.5, 0.6) is 5.75 Å². The summed E-state index contributed by atoms with van der Waals surface area (Å²) in [5.41, 5.74) is 2.25. The lowest BCUT2D eigenvalue weighted by Crippen LogP contribution is -2.40. The molecule has 1 aromatic heterocycles. The van der Waals surface area contributed by atoms with Crippen LogP contribution in [0, 0.1) is 19.8 Å². The summed E-state index contributed by atoms with van der Waals surface area (Å²) >= 11 is 5.88. The van der Waals surface area contributed by atoms with Crippen LogP contribution in [0.15, 0.2) is 30.6 Å². The Balaban J connectivity index is 1.43. The summed E-state index contributed by atoms with van der Waals surface area (Å²) in [7, 11) is 0. The van der Waals surface area contributed by atoms with Crippen LogP contribution in [-0.2, 0) is 11.3 Å². The maximum Gasteiger partial charge on any atom is 0.223 e. The zero-order valence-electron chi connectivity index (χ0n) is 15.7. The summed E-state index contributed by atoms with van der Waals surface area (Å²) in [4.78, 5) is 12.2. The van der Waals surface area contributed by atoms with Crippen LogP contribution in [0.3, 0.4) is 0 Å². The predicted molar refractivity (Wildman–Crippen MR) is 104 cm³/mol. The van der Waals surface area contributed by atoms with E-state index in [2.05, 4.69) is 10.4 Å². The van der Waals surface area contributed by atoms with Gasteiger partial charge in [-0.1, -0.05) is 23.7 Å². The molecule has 0 bridgehead atoms. The zero-order chi connectivity index (χ0) is 19.4. The average molecular weight is 392 g/mol. The second-order valence-corrected chi connectivity index (χ2v) is 7.69. The summed E-state index contributed by atoms with van der Waals surface area (Å²) in [5.74, 6) is 0.959. The number of aryl methyl sites for hydroxylation is 1. The van der Waals surface area contributed by atoms with Crippen molar-refractivity contribution in [3.05, 3.63) is 46.7 Å². The summed E-state index contributed by atoms with van der Waals surface area (Å²) < 4.78 is 7.51. The molecule has 0 spiro atoms. The van der Waals surface area contributed by atoms with Gasteiger partial charge in [-0.3, -0.25) is 9.48 Å². The van der Waals surface area contributed by atoms with Gasteiger partial charge >= 0.3 is 0 Å². The van der Waals surface area contributed by atoms with Gasteiger partial charge < -0.3 is 15.2 Å². The maximum absolute atomic E-state index is 12.2. The number of carbonyl (C=O) groups is 1. The third kappa shape index (κ3) is 5.23. The van der Waals surface area contributed by atoms with Crippen molar-refractivity contribution in [3.8, 4) is 5.75 Å². The molecule has 7 heteroatoms. The number of halogens is 1. The number of nitrogens with one attached hydrogen (secondary N) is 1. The molecular formula is C20H26ClN3O3. The van der Waals surface area contributed by atoms with E-state index in [0.29, 0.717) is 24.6 Å². The smallest absolute Gasteiger partial charge is 0.223 e. The van der Waals surface area contributed by atoms with Crippen molar-refractivity contribution in [3.63, 3.8) is 0 Å². The standard InChI is InChI=1S/C20H26ClN3O3/c1-13-4-3-5-19(14(13)2)27-7-6-20(26)23-17-8-15(9-18(17)25)11-24-12-16(21)10-22-24/h3-5,10,12,15,17-18,25H,6-9,11H2,1-2H3,(H,23,26)/t15?,17-,18-/m1/s1. The summed E-state index contributed by atoms with van der Waals surface area (Å²) in [6, 6.07) is 5.66. The van der Waals surface area contributed by atoms with Crippen molar-refractivity contribution in [2.45, 2.75) is 51.8 Å². The fraction of sp³-hybridized carbons (Fsp3) is 0.500. The van der Waals surface area contributed by atoms with Crippen LogP contribution >= 0.6 is 11.6 Å². The van der Waals surface area contributed by atoms with E-state index in [-0.39, 0.29) is 24.3 Å². The zero-order valence-corrected chi connectivity index (χ0v) is 16.4. The molecule has 1 aliphatic rings. The minimum atomic E-state index is -0.537. The number of hydrogen-bond donors (Lipinski definition) is 2. The first kappa shape index (κ1) is 19.7. The lowest BCUT2D eigenvalue weighted by molar-refractivity contribution is -0.122. The quantitative estimate of drug-likeness (QED) is 0.760. The van der Waals surface area contributed by atoms with Gasteiger partial charge in [-0.25, -0.2) is 0 Å². The molecule has 0 aliphatic heterocycles. The highest BCUT2D eigenvalue weighted by molar-refractivity contribution is 6.30. The van der Waals surface area contributed by atoms with E-state index >= 15 is 0 Å². The molecule has 1 amide bonds. The Bertz CT molecular complexity index is 793. The van der Waals surface area contributed by atoms with E-state index in [0.717, 1.165) is 23.3 Å². The number of amides is 1. The third-order valence-electron chi connectivity index (χ3n) is 5.16. The van der Waals surface area contributed by atoms with Crippen LogP contribution in [-0.4, -0.2) is 39.5 Å². The van der Waals surface area contributed by atoms with E-state index in [1.165, 1.54) is 0 Å². The number of benzene rings is 1. The highest BCUT2D eigenvalue weighted by Crippen LogP contribution is 2.28. The molecule has 0 radical (unpaired) electrons. The normalized spacial score (nSPS) is 22.0. The maximum atomic E-state index is 12.2. The minimum Gasteiger partial charge on any atom is -0.493 e. The van der Waals surface area contributed by atoms with Crippen LogP contribution in [0.2, 0.25) is 5.02 Å². The first-order valence-electron chi connectivity index (χ1n) is 9.26.